The van der Waals surface area contributed by atoms with Crippen molar-refractivity contribution in [2.24, 2.45) is 7.05 Å². The molecule has 64 valence electrons. The molecule has 1 aromatic heterocycles. The van der Waals surface area contributed by atoms with E-state index in [0.29, 0.717) is 0 Å². The number of nitrogens with zero attached hydrogens (tertiary/aromatic N) is 1. The van der Waals surface area contributed by atoms with E-state index >= 15 is 0 Å². The first-order valence-electron chi connectivity index (χ1n) is 3.42. The van der Waals surface area contributed by atoms with Crippen molar-refractivity contribution in [1.82, 2.24) is 0 Å². The van der Waals surface area contributed by atoms with Gasteiger partial charge in [-0.05, 0) is 23.5 Å². The van der Waals surface area contributed by atoms with Gasteiger partial charge in [-0.15, -0.1) is 0 Å². The number of anilines is 1. The predicted molar refractivity (Wildman–Crippen MR) is 47.4 cm³/mol. The summed E-state index contributed by atoms with van der Waals surface area (Å²) in [5.74, 6) is 0. The molecule has 0 amide bonds. The summed E-state index contributed by atoms with van der Waals surface area (Å²) in [5, 5.41) is 0.853. The van der Waals surface area contributed by atoms with Crippen molar-refractivity contribution in [1.29, 1.82) is 0 Å². The fourth-order valence-corrected chi connectivity index (χ4v) is 2.04. The van der Waals surface area contributed by atoms with E-state index in [4.69, 9.17) is 5.73 Å². The monoisotopic (exact) mass is 292 g/mol. The van der Waals surface area contributed by atoms with Crippen molar-refractivity contribution in [3.05, 3.63) is 24.3 Å². The van der Waals surface area contributed by atoms with Crippen molar-refractivity contribution in [2.45, 2.75) is 0 Å². The van der Waals surface area contributed by atoms with E-state index in [9.17, 15) is 0 Å². The van der Waals surface area contributed by atoms with Crippen molar-refractivity contribution in [3.63, 3.8) is 0 Å². The average Bonchev–Trinajstić information content (AvgIpc) is 2.30. The summed E-state index contributed by atoms with van der Waals surface area (Å²) in [6.07, 6.45) is 0. The molecule has 12 heavy (non-hydrogen) atoms. The molecule has 0 radical (unpaired) electrons. The Morgan fingerprint density at radius 1 is 1.33 bits per heavy atom. The van der Waals surface area contributed by atoms with Crippen LogP contribution in [0, 0.1) is 0 Å². The van der Waals surface area contributed by atoms with Crippen LogP contribution < -0.4 is 34.3 Å². The van der Waals surface area contributed by atoms with Crippen LogP contribution in [0.3, 0.4) is 0 Å². The van der Waals surface area contributed by atoms with Crippen LogP contribution in [0.5, 0.6) is 0 Å². The van der Waals surface area contributed by atoms with Gasteiger partial charge in [0.05, 0.1) is 11.7 Å². The smallest absolute Gasteiger partial charge is 0.332 e. The molecule has 0 atom stereocenters. The second kappa shape index (κ2) is 3.57. The molecule has 0 bridgehead atoms. The minimum Gasteiger partial charge on any atom is -1.00 e. The SMILES string of the molecule is C[n+]1c(N)sc2ccccc21.[I-]. The lowest BCUT2D eigenvalue weighted by Crippen LogP contribution is -3.00. The molecule has 0 aliphatic rings. The molecule has 0 fully saturated rings. The number of nitrogen functional groups attached to an aromatic ring is 1. The van der Waals surface area contributed by atoms with Crippen molar-refractivity contribution < 1.29 is 28.5 Å². The van der Waals surface area contributed by atoms with Gasteiger partial charge in [-0.1, -0.05) is 12.1 Å². The predicted octanol–water partition coefficient (Wildman–Crippen LogP) is -1.69. The number of nitrogens with two attached hydrogens (primary N) is 1. The molecule has 2 rings (SSSR count). The molecule has 1 heterocycles. The quantitative estimate of drug-likeness (QED) is 0.456. The number of rotatable bonds is 0. The molecule has 0 spiro atoms. The van der Waals surface area contributed by atoms with E-state index in [-0.39, 0.29) is 24.0 Å². The summed E-state index contributed by atoms with van der Waals surface area (Å²) in [4.78, 5) is 0. The van der Waals surface area contributed by atoms with Gasteiger partial charge < -0.3 is 24.0 Å². The number of aryl methyl sites for hydroxylation is 1. The summed E-state index contributed by atoms with van der Waals surface area (Å²) >= 11 is 1.62. The van der Waals surface area contributed by atoms with Crippen molar-refractivity contribution in [2.75, 3.05) is 5.73 Å². The first-order valence-corrected chi connectivity index (χ1v) is 4.24. The van der Waals surface area contributed by atoms with Gasteiger partial charge in [0.25, 0.3) is 0 Å². The number of hydrogen-bond acceptors (Lipinski definition) is 2. The Morgan fingerprint density at radius 3 is 2.67 bits per heavy atom. The molecule has 2 N–H and O–H groups in total. The normalized spacial score (nSPS) is 9.75. The molecular formula is C8H9IN2S. The van der Waals surface area contributed by atoms with E-state index in [0.717, 1.165) is 5.13 Å². The van der Waals surface area contributed by atoms with E-state index in [1.165, 1.54) is 10.2 Å². The number of halogens is 1. The maximum Gasteiger partial charge on any atom is 0.332 e. The molecule has 1 aromatic carbocycles. The van der Waals surface area contributed by atoms with E-state index in [1.54, 1.807) is 11.3 Å². The van der Waals surface area contributed by atoms with Gasteiger partial charge >= 0.3 is 5.13 Å². The third-order valence-corrected chi connectivity index (χ3v) is 2.82. The standard InChI is InChI=1S/C8H8N2S.HI/c1-10-6-4-2-3-5-7(6)11-8(10)9;/h2-5,9H,1H3;1H. The summed E-state index contributed by atoms with van der Waals surface area (Å²) in [6.45, 7) is 0. The molecule has 2 aromatic rings. The number of benzene rings is 1. The van der Waals surface area contributed by atoms with Gasteiger partial charge in [0.15, 0.2) is 0 Å². The molecular weight excluding hydrogens is 283 g/mol. The Labute approximate surface area is 92.0 Å². The molecule has 0 aliphatic heterocycles. The van der Waals surface area contributed by atoms with Gasteiger partial charge in [0.2, 0.25) is 0 Å². The molecule has 0 aliphatic carbocycles. The maximum atomic E-state index is 5.73. The zero-order valence-electron chi connectivity index (χ0n) is 6.62. The molecule has 4 heteroatoms. The number of para-hydroxylation sites is 1. The number of fused-ring (bicyclic) bond motifs is 1. The lowest BCUT2D eigenvalue weighted by molar-refractivity contribution is -0.626. The van der Waals surface area contributed by atoms with Crippen LogP contribution in [0.1, 0.15) is 0 Å². The van der Waals surface area contributed by atoms with Crippen LogP contribution in [0.2, 0.25) is 0 Å². The Hall–Kier alpha value is -0.360. The zero-order chi connectivity index (χ0) is 7.84. The molecule has 0 saturated heterocycles. The minimum absolute atomic E-state index is 0. The van der Waals surface area contributed by atoms with Gasteiger partial charge in [0, 0.05) is 0 Å². The van der Waals surface area contributed by atoms with Crippen molar-refractivity contribution >= 4 is 26.7 Å². The number of thiazole rings is 1. The highest BCUT2D eigenvalue weighted by atomic mass is 127. The topological polar surface area (TPSA) is 29.9 Å². The van der Waals surface area contributed by atoms with Crippen LogP contribution >= 0.6 is 11.3 Å². The fraction of sp³-hybridized carbons (Fsp3) is 0.125. The van der Waals surface area contributed by atoms with E-state index in [1.807, 2.05) is 23.7 Å². The maximum absolute atomic E-state index is 5.73. The summed E-state index contributed by atoms with van der Waals surface area (Å²) in [7, 11) is 1.98. The van der Waals surface area contributed by atoms with Gasteiger partial charge in [-0.25, -0.2) is 4.57 Å². The fourth-order valence-electron chi connectivity index (χ4n) is 1.12. The second-order valence-electron chi connectivity index (χ2n) is 2.47. The summed E-state index contributed by atoms with van der Waals surface area (Å²) in [5.41, 5.74) is 6.94. The third kappa shape index (κ3) is 1.40. The number of aromatic nitrogens is 1. The highest BCUT2D eigenvalue weighted by Crippen LogP contribution is 2.20. The average molecular weight is 292 g/mol. The van der Waals surface area contributed by atoms with Gasteiger partial charge in [0.1, 0.15) is 5.52 Å². The lowest BCUT2D eigenvalue weighted by Gasteiger charge is -1.86. The van der Waals surface area contributed by atoms with Gasteiger partial charge in [-0.3, -0.25) is 5.73 Å². The zero-order valence-corrected chi connectivity index (χ0v) is 9.59. The summed E-state index contributed by atoms with van der Waals surface area (Å²) < 4.78 is 3.24. The first-order chi connectivity index (χ1) is 5.29. The van der Waals surface area contributed by atoms with Crippen LogP contribution in [0.4, 0.5) is 5.13 Å². The first kappa shape index (κ1) is 9.73. The van der Waals surface area contributed by atoms with Gasteiger partial charge in [-0.2, -0.15) is 0 Å². The summed E-state index contributed by atoms with van der Waals surface area (Å²) in [6, 6.07) is 8.20. The minimum atomic E-state index is 0. The van der Waals surface area contributed by atoms with Crippen molar-refractivity contribution in [3.8, 4) is 0 Å². The Morgan fingerprint density at radius 2 is 2.00 bits per heavy atom. The number of hydrogen-bond donors (Lipinski definition) is 1. The largest absolute Gasteiger partial charge is 1.00 e. The van der Waals surface area contributed by atoms with Crippen LogP contribution in [0.25, 0.3) is 10.2 Å². The second-order valence-corrected chi connectivity index (χ2v) is 3.53. The molecule has 0 unspecified atom stereocenters. The third-order valence-electron chi connectivity index (χ3n) is 1.77. The van der Waals surface area contributed by atoms with Crippen LogP contribution in [-0.2, 0) is 7.05 Å². The molecule has 0 saturated carbocycles. The molecule has 2 nitrogen and oxygen atoms in total. The Kier molecular flexibility index (Phi) is 2.89. The Bertz CT molecular complexity index is 397. The van der Waals surface area contributed by atoms with Crippen LogP contribution in [-0.4, -0.2) is 0 Å². The highest BCUT2D eigenvalue weighted by molar-refractivity contribution is 7.21. The Balaban J connectivity index is 0.000000720. The van der Waals surface area contributed by atoms with E-state index < -0.39 is 0 Å². The van der Waals surface area contributed by atoms with Crippen LogP contribution in [0.15, 0.2) is 24.3 Å². The highest BCUT2D eigenvalue weighted by Gasteiger charge is 2.08. The van der Waals surface area contributed by atoms with E-state index in [2.05, 4.69) is 12.1 Å². The lowest BCUT2D eigenvalue weighted by atomic mass is 10.3.